The van der Waals surface area contributed by atoms with Crippen LogP contribution in [0.1, 0.15) is 11.3 Å². The van der Waals surface area contributed by atoms with Crippen LogP contribution in [0.15, 0.2) is 52.5 Å². The maximum absolute atomic E-state index is 12.0. The smallest absolute Gasteiger partial charge is 0.264 e. The van der Waals surface area contributed by atoms with Crippen LogP contribution in [0.2, 0.25) is 0 Å². The average molecular weight is 297 g/mol. The van der Waals surface area contributed by atoms with Crippen LogP contribution in [-0.4, -0.2) is 15.6 Å². The molecule has 2 aromatic rings. The van der Waals surface area contributed by atoms with Crippen LogP contribution in [-0.2, 0) is 11.8 Å². The minimum atomic E-state index is -0.105. The van der Waals surface area contributed by atoms with Crippen LogP contribution in [0.3, 0.4) is 0 Å². The molecule has 0 radical (unpaired) electrons. The second-order valence-corrected chi connectivity index (χ2v) is 5.89. The molecule has 1 aromatic carbocycles. The molecule has 1 aromatic heterocycles. The molecule has 21 heavy (non-hydrogen) atoms. The molecule has 106 valence electrons. The predicted octanol–water partition coefficient (Wildman–Crippen LogP) is 3.23. The zero-order valence-corrected chi connectivity index (χ0v) is 12.6. The highest BCUT2D eigenvalue weighted by molar-refractivity contribution is 8.18. The number of aromatic nitrogens is 1. The first-order valence-electron chi connectivity index (χ1n) is 6.59. The first kappa shape index (κ1) is 13.7. The average Bonchev–Trinajstić information content (AvgIpc) is 3.00. The standard InChI is InChI=1S/C16H15N3OS/c1-11-5-7-12(8-6-11)17-16-18-15(20)14(21-16)10-13-4-3-9-19(13)2/h3-10H,1-2H3,(H,17,18,20)/b14-10-. The Hall–Kier alpha value is -2.27. The van der Waals surface area contributed by atoms with E-state index in [0.717, 1.165) is 11.4 Å². The van der Waals surface area contributed by atoms with Gasteiger partial charge in [-0.2, -0.15) is 0 Å². The van der Waals surface area contributed by atoms with Crippen molar-refractivity contribution in [3.05, 3.63) is 58.8 Å². The van der Waals surface area contributed by atoms with Gasteiger partial charge in [-0.3, -0.25) is 4.79 Å². The largest absolute Gasteiger partial charge is 0.351 e. The first-order valence-corrected chi connectivity index (χ1v) is 7.41. The molecule has 1 fully saturated rings. The molecule has 0 saturated carbocycles. The summed E-state index contributed by atoms with van der Waals surface area (Å²) in [5, 5.41) is 3.41. The first-order chi connectivity index (χ1) is 10.1. The van der Waals surface area contributed by atoms with Crippen molar-refractivity contribution in [1.82, 2.24) is 9.88 Å². The maximum atomic E-state index is 12.0. The number of carbonyl (C=O) groups excluding carboxylic acids is 1. The molecule has 1 N–H and O–H groups in total. The highest BCUT2D eigenvalue weighted by Crippen LogP contribution is 2.28. The second-order valence-electron chi connectivity index (χ2n) is 4.86. The lowest BCUT2D eigenvalue weighted by atomic mass is 10.2. The normalized spacial score (nSPS) is 18.5. The Labute approximate surface area is 127 Å². The minimum Gasteiger partial charge on any atom is -0.351 e. The lowest BCUT2D eigenvalue weighted by Crippen LogP contribution is -2.19. The topological polar surface area (TPSA) is 46.4 Å². The molecule has 0 atom stereocenters. The number of benzene rings is 1. The molecule has 0 unspecified atom stereocenters. The Morgan fingerprint density at radius 2 is 2.00 bits per heavy atom. The van der Waals surface area contributed by atoms with Crippen LogP contribution < -0.4 is 5.32 Å². The third-order valence-electron chi connectivity index (χ3n) is 3.18. The summed E-state index contributed by atoms with van der Waals surface area (Å²) in [6, 6.07) is 11.8. The third-order valence-corrected chi connectivity index (χ3v) is 4.09. The second kappa shape index (κ2) is 5.61. The zero-order valence-electron chi connectivity index (χ0n) is 11.8. The van der Waals surface area contributed by atoms with E-state index in [9.17, 15) is 4.79 Å². The van der Waals surface area contributed by atoms with Crippen LogP contribution in [0.5, 0.6) is 0 Å². The van der Waals surface area contributed by atoms with Crippen LogP contribution in [0.25, 0.3) is 6.08 Å². The highest BCUT2D eigenvalue weighted by Gasteiger charge is 2.24. The summed E-state index contributed by atoms with van der Waals surface area (Å²) < 4.78 is 1.97. The van der Waals surface area contributed by atoms with E-state index in [-0.39, 0.29) is 5.91 Å². The predicted molar refractivity (Wildman–Crippen MR) is 87.4 cm³/mol. The summed E-state index contributed by atoms with van der Waals surface area (Å²) in [4.78, 5) is 17.1. The van der Waals surface area contributed by atoms with E-state index >= 15 is 0 Å². The summed E-state index contributed by atoms with van der Waals surface area (Å²) in [6.45, 7) is 2.03. The van der Waals surface area contributed by atoms with E-state index < -0.39 is 0 Å². The molecule has 1 amide bonds. The lowest BCUT2D eigenvalue weighted by Gasteiger charge is -1.97. The van der Waals surface area contributed by atoms with E-state index in [2.05, 4.69) is 10.3 Å². The van der Waals surface area contributed by atoms with Gasteiger partial charge in [-0.15, -0.1) is 0 Å². The van der Waals surface area contributed by atoms with Crippen molar-refractivity contribution < 1.29 is 4.79 Å². The van der Waals surface area contributed by atoms with Gasteiger partial charge in [-0.05, 0) is 49.0 Å². The SMILES string of the molecule is Cc1ccc(N=C2NC(=O)/C(=C/c3cccn3C)S2)cc1. The number of nitrogens with zero attached hydrogens (tertiary/aromatic N) is 2. The monoisotopic (exact) mass is 297 g/mol. The molecule has 1 aliphatic rings. The summed E-state index contributed by atoms with van der Waals surface area (Å²) in [5.74, 6) is -0.105. The Bertz CT molecular complexity index is 741. The number of nitrogens with one attached hydrogen (secondary N) is 1. The Kier molecular flexibility index (Phi) is 3.66. The van der Waals surface area contributed by atoms with Crippen molar-refractivity contribution in [3.8, 4) is 0 Å². The number of hydrogen-bond donors (Lipinski definition) is 1. The quantitative estimate of drug-likeness (QED) is 0.865. The number of amides is 1. The summed E-state index contributed by atoms with van der Waals surface area (Å²) in [6.07, 6.45) is 3.82. The van der Waals surface area contributed by atoms with Gasteiger partial charge in [-0.1, -0.05) is 17.7 Å². The van der Waals surface area contributed by atoms with E-state index in [1.807, 2.05) is 67.2 Å². The van der Waals surface area contributed by atoms with Gasteiger partial charge in [0.2, 0.25) is 0 Å². The Morgan fingerprint density at radius 3 is 2.67 bits per heavy atom. The molecular weight excluding hydrogens is 282 g/mol. The van der Waals surface area contributed by atoms with E-state index in [1.54, 1.807) is 0 Å². The van der Waals surface area contributed by atoms with Gasteiger partial charge in [0.1, 0.15) is 0 Å². The molecular formula is C16H15N3OS. The molecule has 5 heteroatoms. The van der Waals surface area contributed by atoms with Crippen molar-refractivity contribution >= 4 is 34.6 Å². The van der Waals surface area contributed by atoms with Gasteiger partial charge in [0.15, 0.2) is 5.17 Å². The number of thioether (sulfide) groups is 1. The lowest BCUT2D eigenvalue weighted by molar-refractivity contribution is -0.115. The minimum absolute atomic E-state index is 0.105. The summed E-state index contributed by atoms with van der Waals surface area (Å²) >= 11 is 1.36. The number of aryl methyl sites for hydroxylation is 2. The number of carbonyl (C=O) groups is 1. The Balaban J connectivity index is 1.83. The third kappa shape index (κ3) is 3.08. The summed E-state index contributed by atoms with van der Waals surface area (Å²) in [7, 11) is 1.95. The fourth-order valence-corrected chi connectivity index (χ4v) is 2.80. The number of rotatable bonds is 2. The Morgan fingerprint density at radius 1 is 1.24 bits per heavy atom. The molecule has 0 aliphatic carbocycles. The molecule has 0 bridgehead atoms. The number of amidine groups is 1. The molecule has 2 heterocycles. The zero-order chi connectivity index (χ0) is 14.8. The highest BCUT2D eigenvalue weighted by atomic mass is 32.2. The fourth-order valence-electron chi connectivity index (χ4n) is 1.98. The molecule has 0 spiro atoms. The van der Waals surface area contributed by atoms with Crippen molar-refractivity contribution in [2.45, 2.75) is 6.92 Å². The van der Waals surface area contributed by atoms with Gasteiger partial charge in [0.05, 0.1) is 10.6 Å². The van der Waals surface area contributed by atoms with Crippen LogP contribution in [0.4, 0.5) is 5.69 Å². The van der Waals surface area contributed by atoms with Gasteiger partial charge < -0.3 is 9.88 Å². The maximum Gasteiger partial charge on any atom is 0.264 e. The molecule has 3 rings (SSSR count). The van der Waals surface area contributed by atoms with E-state index in [0.29, 0.717) is 10.1 Å². The van der Waals surface area contributed by atoms with Gasteiger partial charge in [-0.25, -0.2) is 4.99 Å². The van der Waals surface area contributed by atoms with Crippen molar-refractivity contribution in [2.75, 3.05) is 0 Å². The van der Waals surface area contributed by atoms with Crippen LogP contribution in [0, 0.1) is 6.92 Å². The number of aliphatic imine (C=N–C) groups is 1. The van der Waals surface area contributed by atoms with Gasteiger partial charge in [0, 0.05) is 18.9 Å². The summed E-state index contributed by atoms with van der Waals surface area (Å²) in [5.41, 5.74) is 3.01. The van der Waals surface area contributed by atoms with E-state index in [4.69, 9.17) is 0 Å². The molecule has 4 nitrogen and oxygen atoms in total. The molecule has 1 saturated heterocycles. The molecule has 1 aliphatic heterocycles. The fraction of sp³-hybridized carbons (Fsp3) is 0.125. The van der Waals surface area contributed by atoms with E-state index in [1.165, 1.54) is 17.3 Å². The van der Waals surface area contributed by atoms with Crippen molar-refractivity contribution in [3.63, 3.8) is 0 Å². The van der Waals surface area contributed by atoms with Crippen molar-refractivity contribution in [2.24, 2.45) is 12.0 Å². The van der Waals surface area contributed by atoms with Gasteiger partial charge in [0.25, 0.3) is 5.91 Å². The van der Waals surface area contributed by atoms with Crippen molar-refractivity contribution in [1.29, 1.82) is 0 Å². The van der Waals surface area contributed by atoms with Gasteiger partial charge >= 0.3 is 0 Å². The van der Waals surface area contributed by atoms with Crippen LogP contribution >= 0.6 is 11.8 Å². The number of hydrogen-bond acceptors (Lipinski definition) is 3.